The van der Waals surface area contributed by atoms with Crippen LogP contribution in [0.25, 0.3) is 0 Å². The van der Waals surface area contributed by atoms with E-state index >= 15 is 0 Å². The zero-order valence-electron chi connectivity index (χ0n) is 14.1. The number of anilines is 1. The summed E-state index contributed by atoms with van der Waals surface area (Å²) < 4.78 is 5.47. The van der Waals surface area contributed by atoms with Crippen LogP contribution in [0.4, 0.5) is 5.69 Å². The summed E-state index contributed by atoms with van der Waals surface area (Å²) >= 11 is 0. The van der Waals surface area contributed by atoms with E-state index in [9.17, 15) is 9.59 Å². The van der Waals surface area contributed by atoms with Gasteiger partial charge in [-0.1, -0.05) is 12.1 Å². The zero-order chi connectivity index (χ0) is 17.0. The van der Waals surface area contributed by atoms with Gasteiger partial charge in [-0.2, -0.15) is 5.10 Å². The fourth-order valence-corrected chi connectivity index (χ4v) is 4.13. The van der Waals surface area contributed by atoms with Gasteiger partial charge >= 0.3 is 0 Å². The van der Waals surface area contributed by atoms with Gasteiger partial charge in [0.1, 0.15) is 0 Å². The minimum atomic E-state index is -0.709. The van der Waals surface area contributed by atoms with E-state index in [0.29, 0.717) is 19.1 Å². The number of hydrazone groups is 1. The van der Waals surface area contributed by atoms with Crippen LogP contribution in [0.2, 0.25) is 0 Å². The van der Waals surface area contributed by atoms with Crippen LogP contribution in [0.15, 0.2) is 17.2 Å². The van der Waals surface area contributed by atoms with Gasteiger partial charge in [-0.05, 0) is 61.1 Å². The molecule has 6 heteroatoms. The highest BCUT2D eigenvalue weighted by Gasteiger charge is 2.42. The number of ketones is 1. The van der Waals surface area contributed by atoms with Crippen LogP contribution in [-0.4, -0.2) is 41.8 Å². The summed E-state index contributed by atoms with van der Waals surface area (Å²) in [6, 6.07) is 4.36. The number of carbonyl (C=O) groups is 2. The second-order valence-electron chi connectivity index (χ2n) is 7.30. The average Bonchev–Trinajstić information content (AvgIpc) is 3.25. The Morgan fingerprint density at radius 3 is 2.92 bits per heavy atom. The van der Waals surface area contributed by atoms with Crippen molar-refractivity contribution in [1.29, 1.82) is 0 Å². The molecule has 4 aliphatic rings. The lowest BCUT2D eigenvalue weighted by atomic mass is 9.99. The summed E-state index contributed by atoms with van der Waals surface area (Å²) in [5.74, 6) is -0.181. The molecule has 1 N–H and O–H groups in total. The molecule has 1 atom stereocenters. The summed E-state index contributed by atoms with van der Waals surface area (Å²) in [7, 11) is 0. The third-order valence-corrected chi connectivity index (χ3v) is 5.55. The van der Waals surface area contributed by atoms with E-state index in [0.717, 1.165) is 31.4 Å². The van der Waals surface area contributed by atoms with Crippen molar-refractivity contribution in [3.63, 3.8) is 0 Å². The van der Waals surface area contributed by atoms with Crippen LogP contribution < -0.4 is 5.32 Å². The van der Waals surface area contributed by atoms with Crippen molar-refractivity contribution in [3.8, 4) is 0 Å². The van der Waals surface area contributed by atoms with E-state index in [1.54, 1.807) is 5.01 Å². The number of hydrogen-bond donors (Lipinski definition) is 1. The fraction of sp³-hybridized carbons (Fsp3) is 0.526. The second-order valence-corrected chi connectivity index (χ2v) is 7.30. The normalized spacial score (nSPS) is 24.8. The Morgan fingerprint density at radius 2 is 2.12 bits per heavy atom. The molecule has 0 radical (unpaired) electrons. The zero-order valence-corrected chi connectivity index (χ0v) is 14.1. The summed E-state index contributed by atoms with van der Waals surface area (Å²) in [5.41, 5.74) is 4.69. The minimum Gasteiger partial charge on any atom is -0.349 e. The topological polar surface area (TPSA) is 71.0 Å². The van der Waals surface area contributed by atoms with Gasteiger partial charge in [0.2, 0.25) is 12.0 Å². The monoisotopic (exact) mass is 339 g/mol. The molecule has 6 nitrogen and oxygen atoms in total. The van der Waals surface area contributed by atoms with Gasteiger partial charge in [-0.3, -0.25) is 14.6 Å². The van der Waals surface area contributed by atoms with Crippen LogP contribution in [-0.2, 0) is 27.2 Å². The van der Waals surface area contributed by atoms with Gasteiger partial charge < -0.3 is 10.1 Å². The molecule has 1 saturated carbocycles. The number of aryl methyl sites for hydroxylation is 1. The molecule has 1 aromatic carbocycles. The fourth-order valence-electron chi connectivity index (χ4n) is 4.13. The molecule has 2 heterocycles. The van der Waals surface area contributed by atoms with Crippen LogP contribution >= 0.6 is 0 Å². The Kier molecular flexibility index (Phi) is 3.41. The van der Waals surface area contributed by atoms with Gasteiger partial charge in [-0.25, -0.2) is 0 Å². The standard InChI is InChI=1S/C19H21N3O3/c23-17-16(21-22-9-2-10-25-19(17)22)18(24)20-15-13-4-1-3-11(13)7-8-14(15)12-5-6-12/h7-8,12,19H,1-6,9-10H2,(H,20,24). The molecule has 5 rings (SSSR count). The molecule has 0 spiro atoms. The number of carbonyl (C=O) groups excluding carboxylic acids is 2. The first-order chi connectivity index (χ1) is 12.2. The highest BCUT2D eigenvalue weighted by Crippen LogP contribution is 2.46. The molecule has 2 aliphatic carbocycles. The molecule has 0 bridgehead atoms. The predicted octanol–water partition coefficient (Wildman–Crippen LogP) is 1.98. The van der Waals surface area contributed by atoms with E-state index in [4.69, 9.17) is 4.74 Å². The minimum absolute atomic E-state index is 0.0238. The first-order valence-electron chi connectivity index (χ1n) is 9.19. The lowest BCUT2D eigenvalue weighted by Crippen LogP contribution is -2.42. The molecular formula is C19H21N3O3. The summed E-state index contributed by atoms with van der Waals surface area (Å²) in [6.07, 6.45) is 5.63. The summed E-state index contributed by atoms with van der Waals surface area (Å²) in [6.45, 7) is 1.19. The number of ether oxygens (including phenoxy) is 1. The Morgan fingerprint density at radius 1 is 1.24 bits per heavy atom. The van der Waals surface area contributed by atoms with Gasteiger partial charge in [0.25, 0.3) is 5.91 Å². The molecule has 1 saturated heterocycles. The summed E-state index contributed by atoms with van der Waals surface area (Å²) in [5, 5.41) is 8.87. The van der Waals surface area contributed by atoms with Gasteiger partial charge in [0, 0.05) is 12.2 Å². The predicted molar refractivity (Wildman–Crippen MR) is 92.6 cm³/mol. The third-order valence-electron chi connectivity index (χ3n) is 5.55. The number of Topliss-reactive ketones (excluding diaryl/α,β-unsaturated/α-hetero) is 1. The molecule has 1 amide bonds. The van der Waals surface area contributed by atoms with Crippen molar-refractivity contribution in [2.75, 3.05) is 18.5 Å². The Bertz CT molecular complexity index is 797. The van der Waals surface area contributed by atoms with E-state index < -0.39 is 12.1 Å². The molecule has 2 aliphatic heterocycles. The van der Waals surface area contributed by atoms with Gasteiger partial charge in [0.05, 0.1) is 6.61 Å². The number of benzene rings is 1. The number of hydrogen-bond acceptors (Lipinski definition) is 5. The molecule has 25 heavy (non-hydrogen) atoms. The van der Waals surface area contributed by atoms with Crippen molar-refractivity contribution in [1.82, 2.24) is 5.01 Å². The van der Waals surface area contributed by atoms with E-state index in [1.165, 1.54) is 29.5 Å². The van der Waals surface area contributed by atoms with E-state index in [-0.39, 0.29) is 11.5 Å². The van der Waals surface area contributed by atoms with E-state index in [2.05, 4.69) is 22.6 Å². The first kappa shape index (κ1) is 15.1. The van der Waals surface area contributed by atoms with Crippen molar-refractivity contribution in [3.05, 3.63) is 28.8 Å². The van der Waals surface area contributed by atoms with Crippen LogP contribution in [0.5, 0.6) is 0 Å². The Hall–Kier alpha value is -2.21. The maximum Gasteiger partial charge on any atom is 0.280 e. The van der Waals surface area contributed by atoms with E-state index in [1.807, 2.05) is 0 Å². The second kappa shape index (κ2) is 5.66. The average molecular weight is 339 g/mol. The van der Waals surface area contributed by atoms with Crippen LogP contribution in [0.3, 0.4) is 0 Å². The third kappa shape index (κ3) is 2.47. The van der Waals surface area contributed by atoms with Crippen molar-refractivity contribution in [2.45, 2.75) is 50.7 Å². The number of nitrogens with zero attached hydrogens (tertiary/aromatic N) is 2. The molecule has 0 aromatic heterocycles. The molecule has 2 fully saturated rings. The molecular weight excluding hydrogens is 318 g/mol. The summed E-state index contributed by atoms with van der Waals surface area (Å²) in [4.78, 5) is 25.3. The molecule has 1 aromatic rings. The molecule has 1 unspecified atom stereocenters. The van der Waals surface area contributed by atoms with Crippen molar-refractivity contribution < 1.29 is 14.3 Å². The van der Waals surface area contributed by atoms with Gasteiger partial charge in [-0.15, -0.1) is 0 Å². The Labute approximate surface area is 146 Å². The number of amides is 1. The van der Waals surface area contributed by atoms with Gasteiger partial charge in [0.15, 0.2) is 5.71 Å². The lowest BCUT2D eigenvalue weighted by molar-refractivity contribution is -0.140. The number of nitrogens with one attached hydrogen (secondary N) is 1. The molecule has 130 valence electrons. The van der Waals surface area contributed by atoms with Crippen LogP contribution in [0.1, 0.15) is 48.3 Å². The SMILES string of the molecule is O=C(Nc1c(C2CC2)ccc2c1CCC2)C1=NN2CCCOC2C1=O. The van der Waals surface area contributed by atoms with Crippen molar-refractivity contribution >= 4 is 23.1 Å². The smallest absolute Gasteiger partial charge is 0.280 e. The number of fused-ring (bicyclic) bond motifs is 2. The Balaban J connectivity index is 1.45. The number of rotatable bonds is 3. The quantitative estimate of drug-likeness (QED) is 0.914. The van der Waals surface area contributed by atoms with Crippen molar-refractivity contribution in [2.24, 2.45) is 5.10 Å². The maximum atomic E-state index is 12.8. The highest BCUT2D eigenvalue weighted by molar-refractivity contribution is 6.69. The lowest BCUT2D eigenvalue weighted by Gasteiger charge is -2.26. The first-order valence-corrected chi connectivity index (χ1v) is 9.19. The largest absolute Gasteiger partial charge is 0.349 e. The highest BCUT2D eigenvalue weighted by atomic mass is 16.5. The van der Waals surface area contributed by atoms with Crippen LogP contribution in [0, 0.1) is 0 Å². The maximum absolute atomic E-state index is 12.8.